The van der Waals surface area contributed by atoms with E-state index in [1.54, 1.807) is 0 Å². The molecule has 2 unspecified atom stereocenters. The summed E-state index contributed by atoms with van der Waals surface area (Å²) in [5.41, 5.74) is 0.911. The van der Waals surface area contributed by atoms with Gasteiger partial charge in [0, 0.05) is 12.3 Å². The molecule has 0 bridgehead atoms. The normalized spacial score (nSPS) is 27.2. The van der Waals surface area contributed by atoms with Gasteiger partial charge >= 0.3 is 0 Å². The summed E-state index contributed by atoms with van der Waals surface area (Å²) in [5.74, 6) is -5.20. The zero-order chi connectivity index (χ0) is 13.5. The summed E-state index contributed by atoms with van der Waals surface area (Å²) >= 11 is 0. The molecule has 1 aromatic rings. The lowest BCUT2D eigenvalue weighted by Gasteiger charge is -2.34. The Morgan fingerprint density at radius 1 is 1.22 bits per heavy atom. The summed E-state index contributed by atoms with van der Waals surface area (Å²) in [6, 6.07) is 2.60. The third-order valence-electron chi connectivity index (χ3n) is 4.01. The van der Waals surface area contributed by atoms with Gasteiger partial charge in [0.1, 0.15) is 0 Å². The van der Waals surface area contributed by atoms with E-state index in [0.717, 1.165) is 6.07 Å². The molecule has 0 N–H and O–H groups in total. The SMILES string of the molecule is Cc1c(C2CCC(F)(F)C(C)C2)ccc(F)c1F. The fourth-order valence-corrected chi connectivity index (χ4v) is 2.72. The maximum atomic E-state index is 13.5. The van der Waals surface area contributed by atoms with Crippen LogP contribution in [0.2, 0.25) is 0 Å². The molecule has 1 fully saturated rings. The van der Waals surface area contributed by atoms with Crippen LogP contribution in [-0.2, 0) is 0 Å². The average molecular weight is 260 g/mol. The van der Waals surface area contributed by atoms with E-state index in [2.05, 4.69) is 0 Å². The first kappa shape index (κ1) is 13.4. The minimum absolute atomic E-state index is 0.102. The van der Waals surface area contributed by atoms with Gasteiger partial charge in [0.25, 0.3) is 5.92 Å². The van der Waals surface area contributed by atoms with Crippen LogP contribution in [0.25, 0.3) is 0 Å². The smallest absolute Gasteiger partial charge is 0.207 e. The third kappa shape index (κ3) is 2.25. The van der Waals surface area contributed by atoms with Crippen molar-refractivity contribution in [3.05, 3.63) is 34.9 Å². The highest BCUT2D eigenvalue weighted by molar-refractivity contribution is 5.32. The molecule has 0 aromatic heterocycles. The van der Waals surface area contributed by atoms with Crippen molar-refractivity contribution >= 4 is 0 Å². The highest BCUT2D eigenvalue weighted by Crippen LogP contribution is 2.45. The van der Waals surface area contributed by atoms with Gasteiger partial charge < -0.3 is 0 Å². The molecule has 1 saturated carbocycles. The quantitative estimate of drug-likeness (QED) is 0.635. The first-order valence-electron chi connectivity index (χ1n) is 6.15. The molecule has 18 heavy (non-hydrogen) atoms. The second kappa shape index (κ2) is 4.56. The Hall–Kier alpha value is -1.06. The molecule has 0 heterocycles. The fourth-order valence-electron chi connectivity index (χ4n) is 2.72. The zero-order valence-electron chi connectivity index (χ0n) is 10.4. The molecule has 2 atom stereocenters. The second-order valence-electron chi connectivity index (χ2n) is 5.21. The lowest BCUT2D eigenvalue weighted by atomic mass is 9.75. The molecular formula is C14H16F4. The van der Waals surface area contributed by atoms with Gasteiger partial charge in [-0.15, -0.1) is 0 Å². The van der Waals surface area contributed by atoms with Crippen molar-refractivity contribution in [2.24, 2.45) is 5.92 Å². The molecule has 0 amide bonds. The number of halogens is 4. The lowest BCUT2D eigenvalue weighted by Crippen LogP contribution is -2.32. The molecule has 1 aliphatic rings. The van der Waals surface area contributed by atoms with Crippen LogP contribution >= 0.6 is 0 Å². The van der Waals surface area contributed by atoms with Crippen LogP contribution in [0.5, 0.6) is 0 Å². The Bertz CT molecular complexity index is 453. The zero-order valence-corrected chi connectivity index (χ0v) is 10.4. The fraction of sp³-hybridized carbons (Fsp3) is 0.571. The van der Waals surface area contributed by atoms with Gasteiger partial charge in [0.2, 0.25) is 0 Å². The van der Waals surface area contributed by atoms with Crippen LogP contribution < -0.4 is 0 Å². The number of rotatable bonds is 1. The predicted molar refractivity (Wildman–Crippen MR) is 61.8 cm³/mol. The van der Waals surface area contributed by atoms with Crippen LogP contribution in [0, 0.1) is 24.5 Å². The molecule has 0 aliphatic heterocycles. The highest BCUT2D eigenvalue weighted by atomic mass is 19.3. The Kier molecular flexibility index (Phi) is 3.39. The monoisotopic (exact) mass is 260 g/mol. The van der Waals surface area contributed by atoms with E-state index in [1.165, 1.54) is 19.9 Å². The van der Waals surface area contributed by atoms with Crippen LogP contribution in [0.15, 0.2) is 12.1 Å². The van der Waals surface area contributed by atoms with Crippen molar-refractivity contribution in [1.29, 1.82) is 0 Å². The van der Waals surface area contributed by atoms with Crippen molar-refractivity contribution in [1.82, 2.24) is 0 Å². The van der Waals surface area contributed by atoms with E-state index in [-0.39, 0.29) is 17.9 Å². The largest absolute Gasteiger partial charge is 0.250 e. The third-order valence-corrected chi connectivity index (χ3v) is 4.01. The standard InChI is InChI=1S/C14H16F4/c1-8-7-10(5-6-14(8,17)18)11-3-4-12(15)13(16)9(11)2/h3-4,8,10H,5-7H2,1-2H3. The van der Waals surface area contributed by atoms with Crippen LogP contribution in [0.1, 0.15) is 43.2 Å². The van der Waals surface area contributed by atoms with Gasteiger partial charge in [-0.25, -0.2) is 17.6 Å². The van der Waals surface area contributed by atoms with Crippen LogP contribution in [0.4, 0.5) is 17.6 Å². The van der Waals surface area contributed by atoms with Crippen molar-refractivity contribution in [2.45, 2.75) is 45.0 Å². The predicted octanol–water partition coefficient (Wildman–Crippen LogP) is 4.81. The van der Waals surface area contributed by atoms with Crippen LogP contribution in [0.3, 0.4) is 0 Å². The average Bonchev–Trinajstić information content (AvgIpc) is 2.30. The number of hydrogen-bond donors (Lipinski definition) is 0. The van der Waals surface area contributed by atoms with E-state index in [0.29, 0.717) is 18.4 Å². The summed E-state index contributed by atoms with van der Waals surface area (Å²) in [5, 5.41) is 0. The molecule has 1 aromatic carbocycles. The first-order valence-corrected chi connectivity index (χ1v) is 6.15. The van der Waals surface area contributed by atoms with E-state index < -0.39 is 23.5 Å². The highest BCUT2D eigenvalue weighted by Gasteiger charge is 2.42. The Balaban J connectivity index is 2.27. The van der Waals surface area contributed by atoms with E-state index in [9.17, 15) is 17.6 Å². The number of benzene rings is 1. The van der Waals surface area contributed by atoms with Gasteiger partial charge in [-0.3, -0.25) is 0 Å². The molecule has 100 valence electrons. The molecule has 4 heteroatoms. The van der Waals surface area contributed by atoms with Gasteiger partial charge in [0.05, 0.1) is 0 Å². The Labute approximate surface area is 104 Å². The van der Waals surface area contributed by atoms with Gasteiger partial charge in [-0.05, 0) is 42.9 Å². The molecule has 2 rings (SSSR count). The van der Waals surface area contributed by atoms with Crippen molar-refractivity contribution < 1.29 is 17.6 Å². The lowest BCUT2D eigenvalue weighted by molar-refractivity contribution is -0.0831. The van der Waals surface area contributed by atoms with Crippen molar-refractivity contribution in [2.75, 3.05) is 0 Å². The number of hydrogen-bond acceptors (Lipinski definition) is 0. The molecule has 1 aliphatic carbocycles. The summed E-state index contributed by atoms with van der Waals surface area (Å²) in [6.07, 6.45) is 0.458. The molecular weight excluding hydrogens is 244 g/mol. The summed E-state index contributed by atoms with van der Waals surface area (Å²) < 4.78 is 53.3. The van der Waals surface area contributed by atoms with Gasteiger partial charge in [0.15, 0.2) is 11.6 Å². The molecule has 0 radical (unpaired) electrons. The Morgan fingerprint density at radius 2 is 1.89 bits per heavy atom. The second-order valence-corrected chi connectivity index (χ2v) is 5.21. The maximum Gasteiger partial charge on any atom is 0.250 e. The van der Waals surface area contributed by atoms with Gasteiger partial charge in [-0.1, -0.05) is 13.0 Å². The topological polar surface area (TPSA) is 0 Å². The summed E-state index contributed by atoms with van der Waals surface area (Å²) in [7, 11) is 0. The molecule has 0 saturated heterocycles. The molecule has 0 spiro atoms. The minimum atomic E-state index is -2.64. The summed E-state index contributed by atoms with van der Waals surface area (Å²) in [4.78, 5) is 0. The number of alkyl halides is 2. The van der Waals surface area contributed by atoms with E-state index >= 15 is 0 Å². The van der Waals surface area contributed by atoms with Crippen LogP contribution in [-0.4, -0.2) is 5.92 Å². The van der Waals surface area contributed by atoms with E-state index in [1.807, 2.05) is 0 Å². The van der Waals surface area contributed by atoms with Crippen molar-refractivity contribution in [3.63, 3.8) is 0 Å². The molecule has 0 nitrogen and oxygen atoms in total. The van der Waals surface area contributed by atoms with Crippen molar-refractivity contribution in [3.8, 4) is 0 Å². The van der Waals surface area contributed by atoms with Gasteiger partial charge in [-0.2, -0.15) is 0 Å². The minimum Gasteiger partial charge on any atom is -0.207 e. The summed E-state index contributed by atoms with van der Waals surface area (Å²) in [6.45, 7) is 3.02. The Morgan fingerprint density at radius 3 is 2.50 bits per heavy atom. The maximum absolute atomic E-state index is 13.5. The first-order chi connectivity index (χ1) is 8.33. The van der Waals surface area contributed by atoms with E-state index in [4.69, 9.17) is 0 Å².